The van der Waals surface area contributed by atoms with Crippen LogP contribution in [0, 0.1) is 5.92 Å². The van der Waals surface area contributed by atoms with Crippen LogP contribution in [0.4, 0.5) is 0 Å². The van der Waals surface area contributed by atoms with Gasteiger partial charge in [0.25, 0.3) is 5.91 Å². The summed E-state index contributed by atoms with van der Waals surface area (Å²) in [5.74, 6) is 0.311. The number of ether oxygens (including phenoxy) is 1. The first-order valence-electron chi connectivity index (χ1n) is 8.06. The highest BCUT2D eigenvalue weighted by Gasteiger charge is 2.31. The summed E-state index contributed by atoms with van der Waals surface area (Å²) in [7, 11) is 0. The maximum absolute atomic E-state index is 12.5. The normalized spacial score (nSPS) is 19.7. The lowest BCUT2D eigenvalue weighted by molar-refractivity contribution is -0.141. The molecule has 0 saturated carbocycles. The van der Waals surface area contributed by atoms with Gasteiger partial charge in [-0.3, -0.25) is 9.59 Å². The first-order chi connectivity index (χ1) is 11.1. The van der Waals surface area contributed by atoms with Crippen LogP contribution in [0.15, 0.2) is 28.7 Å². The summed E-state index contributed by atoms with van der Waals surface area (Å²) in [6.45, 7) is 3.93. The largest absolute Gasteiger partial charge is 0.378 e. The summed E-state index contributed by atoms with van der Waals surface area (Å²) in [4.78, 5) is 28.8. The quantitative estimate of drug-likeness (QED) is 0.789. The van der Waals surface area contributed by atoms with Gasteiger partial charge >= 0.3 is 0 Å². The predicted molar refractivity (Wildman–Crippen MR) is 90.2 cm³/mol. The fraction of sp³-hybridized carbons (Fsp3) is 0.529. The zero-order valence-corrected chi connectivity index (χ0v) is 14.6. The van der Waals surface area contributed by atoms with Crippen molar-refractivity contribution in [1.82, 2.24) is 9.80 Å². The Morgan fingerprint density at radius 3 is 2.39 bits per heavy atom. The van der Waals surface area contributed by atoms with Crippen LogP contribution in [0.25, 0.3) is 0 Å². The van der Waals surface area contributed by atoms with Crippen molar-refractivity contribution in [3.05, 3.63) is 34.3 Å². The molecule has 2 amide bonds. The molecule has 6 heteroatoms. The van der Waals surface area contributed by atoms with Crippen LogP contribution in [-0.2, 0) is 9.53 Å². The van der Waals surface area contributed by atoms with Crippen molar-refractivity contribution in [3.8, 4) is 0 Å². The van der Waals surface area contributed by atoms with Crippen LogP contribution in [0.5, 0.6) is 0 Å². The Labute approximate surface area is 144 Å². The number of piperidine rings is 1. The third kappa shape index (κ3) is 3.93. The van der Waals surface area contributed by atoms with Crippen molar-refractivity contribution in [2.45, 2.75) is 12.8 Å². The van der Waals surface area contributed by atoms with E-state index in [1.807, 2.05) is 34.1 Å². The van der Waals surface area contributed by atoms with E-state index in [1.54, 1.807) is 0 Å². The van der Waals surface area contributed by atoms with Gasteiger partial charge in [-0.15, -0.1) is 0 Å². The van der Waals surface area contributed by atoms with E-state index in [0.29, 0.717) is 45.0 Å². The molecule has 5 nitrogen and oxygen atoms in total. The first-order valence-corrected chi connectivity index (χ1v) is 8.86. The lowest BCUT2D eigenvalue weighted by atomic mass is 9.94. The summed E-state index contributed by atoms with van der Waals surface area (Å²) in [5, 5.41) is 0. The van der Waals surface area contributed by atoms with E-state index >= 15 is 0 Å². The molecule has 0 spiro atoms. The van der Waals surface area contributed by atoms with E-state index in [4.69, 9.17) is 4.74 Å². The summed E-state index contributed by atoms with van der Waals surface area (Å²) in [5.41, 5.74) is 0.692. The number of nitrogens with zero attached hydrogens (tertiary/aromatic N) is 2. The van der Waals surface area contributed by atoms with Crippen LogP contribution >= 0.6 is 15.9 Å². The maximum Gasteiger partial charge on any atom is 0.253 e. The molecule has 23 heavy (non-hydrogen) atoms. The SMILES string of the molecule is O=C(c1cccc(Br)c1)N1CCC(C(=O)N2CCOCC2)CC1. The van der Waals surface area contributed by atoms with Gasteiger partial charge in [-0.25, -0.2) is 0 Å². The molecular weight excluding hydrogens is 360 g/mol. The van der Waals surface area contributed by atoms with Crippen molar-refractivity contribution in [2.75, 3.05) is 39.4 Å². The van der Waals surface area contributed by atoms with Crippen molar-refractivity contribution in [1.29, 1.82) is 0 Å². The number of halogens is 1. The van der Waals surface area contributed by atoms with E-state index < -0.39 is 0 Å². The fourth-order valence-corrected chi connectivity index (χ4v) is 3.57. The average molecular weight is 381 g/mol. The molecule has 3 rings (SSSR count). The first kappa shape index (κ1) is 16.5. The number of likely N-dealkylation sites (tertiary alicyclic amines) is 1. The Bertz CT molecular complexity index is 579. The molecule has 1 aromatic rings. The highest BCUT2D eigenvalue weighted by Crippen LogP contribution is 2.22. The second-order valence-corrected chi connectivity index (χ2v) is 6.93. The number of benzene rings is 1. The Hall–Kier alpha value is -1.40. The number of amides is 2. The molecule has 2 fully saturated rings. The minimum Gasteiger partial charge on any atom is -0.378 e. The molecule has 0 bridgehead atoms. The molecule has 124 valence electrons. The van der Waals surface area contributed by atoms with Crippen molar-refractivity contribution < 1.29 is 14.3 Å². The van der Waals surface area contributed by atoms with E-state index in [9.17, 15) is 9.59 Å². The molecule has 2 heterocycles. The fourth-order valence-electron chi connectivity index (χ4n) is 3.18. The number of hydrogen-bond acceptors (Lipinski definition) is 3. The van der Waals surface area contributed by atoms with Gasteiger partial charge in [0, 0.05) is 42.1 Å². The van der Waals surface area contributed by atoms with Gasteiger partial charge in [0.05, 0.1) is 13.2 Å². The molecule has 0 radical (unpaired) electrons. The maximum atomic E-state index is 12.5. The Kier molecular flexibility index (Phi) is 5.33. The smallest absolute Gasteiger partial charge is 0.253 e. The molecule has 0 atom stereocenters. The molecule has 0 unspecified atom stereocenters. The molecule has 2 saturated heterocycles. The Morgan fingerprint density at radius 1 is 1.04 bits per heavy atom. The Morgan fingerprint density at radius 2 is 1.74 bits per heavy atom. The molecule has 2 aliphatic rings. The second kappa shape index (κ2) is 7.45. The molecule has 0 aliphatic carbocycles. The third-order valence-corrected chi connectivity index (χ3v) is 5.02. The molecule has 2 aliphatic heterocycles. The Balaban J connectivity index is 1.55. The average Bonchev–Trinajstić information content (AvgIpc) is 2.61. The van der Waals surface area contributed by atoms with Gasteiger partial charge < -0.3 is 14.5 Å². The summed E-state index contributed by atoms with van der Waals surface area (Å²) in [6.07, 6.45) is 1.49. The van der Waals surface area contributed by atoms with Gasteiger partial charge in [-0.05, 0) is 31.0 Å². The lowest BCUT2D eigenvalue weighted by Crippen LogP contribution is -2.47. The van der Waals surface area contributed by atoms with Gasteiger partial charge in [0.2, 0.25) is 5.91 Å². The predicted octanol–water partition coefficient (Wildman–Crippen LogP) is 2.16. The monoisotopic (exact) mass is 380 g/mol. The minimum atomic E-state index is 0.0414. The van der Waals surface area contributed by atoms with Gasteiger partial charge in [0.1, 0.15) is 0 Å². The van der Waals surface area contributed by atoms with E-state index in [0.717, 1.165) is 17.3 Å². The van der Waals surface area contributed by atoms with Gasteiger partial charge in [0.15, 0.2) is 0 Å². The lowest BCUT2D eigenvalue weighted by Gasteiger charge is -2.35. The number of carbonyl (C=O) groups excluding carboxylic acids is 2. The van der Waals surface area contributed by atoms with E-state index in [1.165, 1.54) is 0 Å². The molecule has 1 aromatic carbocycles. The van der Waals surface area contributed by atoms with Gasteiger partial charge in [-0.1, -0.05) is 22.0 Å². The van der Waals surface area contributed by atoms with Crippen molar-refractivity contribution >= 4 is 27.7 Å². The number of carbonyl (C=O) groups is 2. The second-order valence-electron chi connectivity index (χ2n) is 6.01. The van der Waals surface area contributed by atoms with E-state index in [-0.39, 0.29) is 17.7 Å². The number of rotatable bonds is 2. The van der Waals surface area contributed by atoms with Crippen LogP contribution in [0.3, 0.4) is 0 Å². The standard InChI is InChI=1S/C17H21BrN2O3/c18-15-3-1-2-14(12-15)17(22)19-6-4-13(5-7-19)16(21)20-8-10-23-11-9-20/h1-3,12-13H,4-11H2. The molecular formula is C17H21BrN2O3. The third-order valence-electron chi connectivity index (χ3n) is 4.53. The van der Waals surface area contributed by atoms with Crippen molar-refractivity contribution in [2.24, 2.45) is 5.92 Å². The zero-order chi connectivity index (χ0) is 16.2. The van der Waals surface area contributed by atoms with Crippen molar-refractivity contribution in [3.63, 3.8) is 0 Å². The molecule has 0 aromatic heterocycles. The summed E-state index contributed by atoms with van der Waals surface area (Å²) < 4.78 is 6.20. The topological polar surface area (TPSA) is 49.9 Å². The summed E-state index contributed by atoms with van der Waals surface area (Å²) >= 11 is 3.40. The number of hydrogen-bond donors (Lipinski definition) is 0. The van der Waals surface area contributed by atoms with Crippen LogP contribution in [-0.4, -0.2) is 61.0 Å². The number of morpholine rings is 1. The minimum absolute atomic E-state index is 0.0414. The van der Waals surface area contributed by atoms with E-state index in [2.05, 4.69) is 15.9 Å². The zero-order valence-electron chi connectivity index (χ0n) is 13.0. The summed E-state index contributed by atoms with van der Waals surface area (Å²) in [6, 6.07) is 7.45. The van der Waals surface area contributed by atoms with Crippen LogP contribution in [0.1, 0.15) is 23.2 Å². The van der Waals surface area contributed by atoms with Crippen LogP contribution < -0.4 is 0 Å². The van der Waals surface area contributed by atoms with Gasteiger partial charge in [-0.2, -0.15) is 0 Å². The highest BCUT2D eigenvalue weighted by molar-refractivity contribution is 9.10. The van der Waals surface area contributed by atoms with Crippen LogP contribution in [0.2, 0.25) is 0 Å². The molecule has 0 N–H and O–H groups in total. The highest BCUT2D eigenvalue weighted by atomic mass is 79.9.